The van der Waals surface area contributed by atoms with Crippen molar-refractivity contribution in [3.05, 3.63) is 0 Å². The van der Waals surface area contributed by atoms with E-state index in [9.17, 15) is 9.59 Å². The van der Waals surface area contributed by atoms with Gasteiger partial charge in [-0.1, -0.05) is 0 Å². The van der Waals surface area contributed by atoms with Crippen LogP contribution in [0.4, 0.5) is 0 Å². The van der Waals surface area contributed by atoms with Crippen LogP contribution in [-0.4, -0.2) is 41.8 Å². The molecule has 1 amide bonds. The van der Waals surface area contributed by atoms with Crippen molar-refractivity contribution in [1.82, 2.24) is 5.32 Å². The topological polar surface area (TPSA) is 102 Å². The summed E-state index contributed by atoms with van der Waals surface area (Å²) in [4.78, 5) is 22.4. The standard InChI is InChI=1S/C9H16N2O4/c1-2-15-9(14)7(10)8(13)11-5-3-6(12)4-5/h5-7,12H,2-4,10H2,1H3,(H,11,13). The van der Waals surface area contributed by atoms with E-state index in [1.54, 1.807) is 6.92 Å². The molecule has 86 valence electrons. The van der Waals surface area contributed by atoms with Crippen LogP contribution in [0.25, 0.3) is 0 Å². The molecule has 1 rings (SSSR count). The Morgan fingerprint density at radius 3 is 2.67 bits per heavy atom. The summed E-state index contributed by atoms with van der Waals surface area (Å²) < 4.78 is 4.60. The minimum atomic E-state index is -1.28. The number of amides is 1. The van der Waals surface area contributed by atoms with Crippen LogP contribution in [0.1, 0.15) is 19.8 Å². The van der Waals surface area contributed by atoms with E-state index in [2.05, 4.69) is 10.1 Å². The molecule has 0 spiro atoms. The lowest BCUT2D eigenvalue weighted by Gasteiger charge is -2.32. The minimum absolute atomic E-state index is 0.0759. The normalized spacial score (nSPS) is 26.3. The molecule has 0 aromatic carbocycles. The maximum Gasteiger partial charge on any atom is 0.332 e. The van der Waals surface area contributed by atoms with Crippen molar-refractivity contribution in [1.29, 1.82) is 0 Å². The van der Waals surface area contributed by atoms with Gasteiger partial charge in [0.1, 0.15) is 0 Å². The fraction of sp³-hybridized carbons (Fsp3) is 0.778. The Morgan fingerprint density at radius 1 is 1.60 bits per heavy atom. The summed E-state index contributed by atoms with van der Waals surface area (Å²) in [6, 6.07) is -1.35. The number of carbonyl (C=O) groups is 2. The lowest BCUT2D eigenvalue weighted by Crippen LogP contribution is -2.54. The molecular weight excluding hydrogens is 200 g/mol. The van der Waals surface area contributed by atoms with Crippen molar-refractivity contribution < 1.29 is 19.4 Å². The smallest absolute Gasteiger partial charge is 0.332 e. The predicted molar refractivity (Wildman–Crippen MR) is 51.8 cm³/mol. The number of rotatable bonds is 4. The number of aliphatic hydroxyl groups excluding tert-OH is 1. The van der Waals surface area contributed by atoms with Crippen molar-refractivity contribution in [2.24, 2.45) is 5.73 Å². The zero-order chi connectivity index (χ0) is 11.4. The third-order valence-corrected chi connectivity index (χ3v) is 2.28. The molecule has 6 nitrogen and oxygen atoms in total. The van der Waals surface area contributed by atoms with Gasteiger partial charge in [0, 0.05) is 6.04 Å². The predicted octanol–water partition coefficient (Wildman–Crippen LogP) is -1.48. The zero-order valence-electron chi connectivity index (χ0n) is 8.60. The summed E-state index contributed by atoms with van der Waals surface area (Å²) in [5.41, 5.74) is 5.36. The number of esters is 1. The third kappa shape index (κ3) is 3.17. The highest BCUT2D eigenvalue weighted by Gasteiger charge is 2.32. The number of carbonyl (C=O) groups excluding carboxylic acids is 2. The number of hydrogen-bond acceptors (Lipinski definition) is 5. The molecule has 6 heteroatoms. The zero-order valence-corrected chi connectivity index (χ0v) is 8.60. The van der Waals surface area contributed by atoms with Crippen molar-refractivity contribution in [2.45, 2.75) is 38.0 Å². The van der Waals surface area contributed by atoms with Gasteiger partial charge in [-0.2, -0.15) is 0 Å². The molecule has 0 bridgehead atoms. The summed E-state index contributed by atoms with van der Waals surface area (Å²) in [5, 5.41) is 11.6. The fourth-order valence-electron chi connectivity index (χ4n) is 1.34. The summed E-state index contributed by atoms with van der Waals surface area (Å²) in [6.07, 6.45) is 0.678. The van der Waals surface area contributed by atoms with E-state index < -0.39 is 17.9 Å². The second kappa shape index (κ2) is 5.09. The lowest BCUT2D eigenvalue weighted by atomic mass is 9.89. The van der Waals surface area contributed by atoms with Crippen molar-refractivity contribution in [2.75, 3.05) is 6.61 Å². The molecule has 1 aliphatic carbocycles. The van der Waals surface area contributed by atoms with Crippen molar-refractivity contribution >= 4 is 11.9 Å². The third-order valence-electron chi connectivity index (χ3n) is 2.28. The van der Waals surface area contributed by atoms with Crippen LogP contribution >= 0.6 is 0 Å². The molecule has 0 heterocycles. The molecule has 1 saturated carbocycles. The Kier molecular flexibility index (Phi) is 4.05. The summed E-state index contributed by atoms with van der Waals surface area (Å²) in [7, 11) is 0. The maximum atomic E-state index is 11.4. The average molecular weight is 216 g/mol. The molecule has 0 aromatic rings. The Balaban J connectivity index is 2.30. The largest absolute Gasteiger partial charge is 0.464 e. The molecule has 1 aliphatic rings. The van der Waals surface area contributed by atoms with Gasteiger partial charge >= 0.3 is 5.97 Å². The van der Waals surface area contributed by atoms with Crippen LogP contribution in [0.3, 0.4) is 0 Å². The first kappa shape index (κ1) is 11.9. The Morgan fingerprint density at radius 2 is 2.20 bits per heavy atom. The molecule has 1 unspecified atom stereocenters. The molecule has 0 radical (unpaired) electrons. The number of hydrogen-bond donors (Lipinski definition) is 3. The first-order chi connectivity index (χ1) is 7.04. The van der Waals surface area contributed by atoms with Gasteiger partial charge in [0.25, 0.3) is 0 Å². The second-order valence-electron chi connectivity index (χ2n) is 3.56. The molecule has 0 saturated heterocycles. The van der Waals surface area contributed by atoms with Gasteiger partial charge in [0.15, 0.2) is 6.04 Å². The molecular formula is C9H16N2O4. The van der Waals surface area contributed by atoms with Crippen molar-refractivity contribution in [3.8, 4) is 0 Å². The fourth-order valence-corrected chi connectivity index (χ4v) is 1.34. The molecule has 4 N–H and O–H groups in total. The quantitative estimate of drug-likeness (QED) is 0.393. The molecule has 1 fully saturated rings. The Hall–Kier alpha value is -1.14. The van der Waals surface area contributed by atoms with E-state index in [-0.39, 0.29) is 18.8 Å². The molecule has 1 atom stereocenters. The van der Waals surface area contributed by atoms with Crippen LogP contribution in [0.5, 0.6) is 0 Å². The first-order valence-electron chi connectivity index (χ1n) is 4.95. The van der Waals surface area contributed by atoms with Crippen LogP contribution in [0.15, 0.2) is 0 Å². The number of ether oxygens (including phenoxy) is 1. The van der Waals surface area contributed by atoms with Crippen LogP contribution in [0.2, 0.25) is 0 Å². The van der Waals surface area contributed by atoms with E-state index in [4.69, 9.17) is 10.8 Å². The van der Waals surface area contributed by atoms with Gasteiger partial charge in [0.2, 0.25) is 5.91 Å². The van der Waals surface area contributed by atoms with Gasteiger partial charge in [-0.25, -0.2) is 4.79 Å². The highest BCUT2D eigenvalue weighted by molar-refractivity contribution is 6.01. The first-order valence-corrected chi connectivity index (χ1v) is 4.95. The maximum absolute atomic E-state index is 11.4. The van der Waals surface area contributed by atoms with Gasteiger partial charge in [-0.15, -0.1) is 0 Å². The summed E-state index contributed by atoms with van der Waals surface area (Å²) >= 11 is 0. The van der Waals surface area contributed by atoms with E-state index >= 15 is 0 Å². The van der Waals surface area contributed by atoms with Gasteiger partial charge in [0.05, 0.1) is 12.7 Å². The van der Waals surface area contributed by atoms with E-state index in [1.807, 2.05) is 0 Å². The van der Waals surface area contributed by atoms with E-state index in [0.29, 0.717) is 12.8 Å². The lowest BCUT2D eigenvalue weighted by molar-refractivity contribution is -0.148. The Labute approximate surface area is 87.8 Å². The summed E-state index contributed by atoms with van der Waals surface area (Å²) in [6.45, 7) is 1.84. The second-order valence-corrected chi connectivity index (χ2v) is 3.56. The molecule has 0 aromatic heterocycles. The highest BCUT2D eigenvalue weighted by atomic mass is 16.5. The van der Waals surface area contributed by atoms with Crippen LogP contribution in [-0.2, 0) is 14.3 Å². The molecule has 15 heavy (non-hydrogen) atoms. The highest BCUT2D eigenvalue weighted by Crippen LogP contribution is 2.19. The minimum Gasteiger partial charge on any atom is -0.464 e. The van der Waals surface area contributed by atoms with E-state index in [1.165, 1.54) is 0 Å². The molecule has 0 aliphatic heterocycles. The van der Waals surface area contributed by atoms with Crippen LogP contribution < -0.4 is 11.1 Å². The number of nitrogens with one attached hydrogen (secondary N) is 1. The Bertz CT molecular complexity index is 250. The van der Waals surface area contributed by atoms with Crippen molar-refractivity contribution in [3.63, 3.8) is 0 Å². The SMILES string of the molecule is CCOC(=O)C(N)C(=O)NC1CC(O)C1. The summed E-state index contributed by atoms with van der Waals surface area (Å²) in [5.74, 6) is -1.28. The number of nitrogens with two attached hydrogens (primary N) is 1. The number of aliphatic hydroxyl groups is 1. The average Bonchev–Trinajstić information content (AvgIpc) is 2.14. The van der Waals surface area contributed by atoms with Gasteiger partial charge < -0.3 is 20.9 Å². The van der Waals surface area contributed by atoms with Gasteiger partial charge in [-0.05, 0) is 19.8 Å². The van der Waals surface area contributed by atoms with E-state index in [0.717, 1.165) is 0 Å². The van der Waals surface area contributed by atoms with Gasteiger partial charge in [-0.3, -0.25) is 4.79 Å². The monoisotopic (exact) mass is 216 g/mol. The van der Waals surface area contributed by atoms with Crippen LogP contribution in [0, 0.1) is 0 Å².